The third-order valence-corrected chi connectivity index (χ3v) is 5.86. The highest BCUT2D eigenvalue weighted by molar-refractivity contribution is 5.98. The van der Waals surface area contributed by atoms with E-state index in [0.717, 1.165) is 50.4 Å². The molecule has 1 saturated heterocycles. The SMILES string of the molecule is CCCCCCCOc1ccc(NCC(=O)Nc2cccc(C(=O)N3CCCCC3)c2)cc1. The Morgan fingerprint density at radius 3 is 2.42 bits per heavy atom. The number of unbranched alkanes of at least 4 members (excludes halogenated alkanes) is 4. The Morgan fingerprint density at radius 2 is 1.67 bits per heavy atom. The van der Waals surface area contributed by atoms with Crippen LogP contribution in [0.25, 0.3) is 0 Å². The van der Waals surface area contributed by atoms with Crippen molar-refractivity contribution in [1.82, 2.24) is 4.90 Å². The number of carbonyl (C=O) groups excluding carboxylic acids is 2. The molecular formula is C27H37N3O3. The van der Waals surface area contributed by atoms with Gasteiger partial charge in [0.05, 0.1) is 13.2 Å². The van der Waals surface area contributed by atoms with Crippen molar-refractivity contribution < 1.29 is 14.3 Å². The molecular weight excluding hydrogens is 414 g/mol. The highest BCUT2D eigenvalue weighted by atomic mass is 16.5. The maximum atomic E-state index is 12.7. The van der Waals surface area contributed by atoms with E-state index in [1.807, 2.05) is 35.2 Å². The molecule has 1 fully saturated rings. The summed E-state index contributed by atoms with van der Waals surface area (Å²) >= 11 is 0. The average Bonchev–Trinajstić information content (AvgIpc) is 2.86. The number of carbonyl (C=O) groups is 2. The van der Waals surface area contributed by atoms with Crippen LogP contribution in [-0.2, 0) is 4.79 Å². The van der Waals surface area contributed by atoms with Crippen molar-refractivity contribution in [3.8, 4) is 5.75 Å². The third kappa shape index (κ3) is 8.44. The fourth-order valence-electron chi connectivity index (χ4n) is 3.96. The fraction of sp³-hybridized carbons (Fsp3) is 0.481. The van der Waals surface area contributed by atoms with Gasteiger partial charge in [0, 0.05) is 30.0 Å². The summed E-state index contributed by atoms with van der Waals surface area (Å²) in [5.74, 6) is 0.716. The molecule has 0 atom stereocenters. The number of ether oxygens (including phenoxy) is 1. The molecule has 2 N–H and O–H groups in total. The predicted molar refractivity (Wildman–Crippen MR) is 134 cm³/mol. The van der Waals surface area contributed by atoms with Crippen molar-refractivity contribution in [2.75, 3.05) is 36.9 Å². The highest BCUT2D eigenvalue weighted by Gasteiger charge is 2.18. The van der Waals surface area contributed by atoms with Crippen LogP contribution in [0.4, 0.5) is 11.4 Å². The first-order chi connectivity index (χ1) is 16.2. The summed E-state index contributed by atoms with van der Waals surface area (Å²) in [5, 5.41) is 6.00. The summed E-state index contributed by atoms with van der Waals surface area (Å²) in [5.41, 5.74) is 2.10. The Balaban J connectivity index is 1.40. The van der Waals surface area contributed by atoms with Crippen molar-refractivity contribution in [3.63, 3.8) is 0 Å². The largest absolute Gasteiger partial charge is 0.494 e. The van der Waals surface area contributed by atoms with Gasteiger partial charge in [-0.1, -0.05) is 38.7 Å². The lowest BCUT2D eigenvalue weighted by atomic mass is 10.1. The molecule has 3 rings (SSSR count). The quantitative estimate of drug-likeness (QED) is 0.405. The van der Waals surface area contributed by atoms with Crippen LogP contribution in [0.1, 0.15) is 68.6 Å². The number of amides is 2. The number of hydrogen-bond donors (Lipinski definition) is 2. The molecule has 6 heteroatoms. The molecule has 0 saturated carbocycles. The number of benzene rings is 2. The maximum absolute atomic E-state index is 12.7. The fourth-order valence-corrected chi connectivity index (χ4v) is 3.96. The molecule has 2 amide bonds. The first-order valence-electron chi connectivity index (χ1n) is 12.3. The molecule has 0 aromatic heterocycles. The molecule has 2 aromatic rings. The molecule has 0 bridgehead atoms. The van der Waals surface area contributed by atoms with E-state index < -0.39 is 0 Å². The van der Waals surface area contributed by atoms with E-state index in [1.54, 1.807) is 18.2 Å². The molecule has 0 radical (unpaired) electrons. The number of hydrogen-bond acceptors (Lipinski definition) is 4. The summed E-state index contributed by atoms with van der Waals surface area (Å²) in [6.07, 6.45) is 9.38. The second-order valence-electron chi connectivity index (χ2n) is 8.62. The van der Waals surface area contributed by atoms with Gasteiger partial charge in [0.25, 0.3) is 5.91 Å². The Morgan fingerprint density at radius 1 is 0.909 bits per heavy atom. The van der Waals surface area contributed by atoms with E-state index >= 15 is 0 Å². The minimum Gasteiger partial charge on any atom is -0.494 e. The van der Waals surface area contributed by atoms with Gasteiger partial charge in [0.2, 0.25) is 5.91 Å². The van der Waals surface area contributed by atoms with Crippen LogP contribution in [0, 0.1) is 0 Å². The molecule has 33 heavy (non-hydrogen) atoms. The number of piperidine rings is 1. The molecule has 0 unspecified atom stereocenters. The lowest BCUT2D eigenvalue weighted by molar-refractivity contribution is -0.114. The maximum Gasteiger partial charge on any atom is 0.253 e. The van der Waals surface area contributed by atoms with E-state index in [0.29, 0.717) is 11.3 Å². The zero-order chi connectivity index (χ0) is 23.3. The third-order valence-electron chi connectivity index (χ3n) is 5.86. The normalized spacial score (nSPS) is 13.4. The zero-order valence-corrected chi connectivity index (χ0v) is 19.8. The molecule has 0 spiro atoms. The van der Waals surface area contributed by atoms with Gasteiger partial charge in [0.15, 0.2) is 0 Å². The van der Waals surface area contributed by atoms with Crippen molar-refractivity contribution in [3.05, 3.63) is 54.1 Å². The molecule has 1 aliphatic heterocycles. The summed E-state index contributed by atoms with van der Waals surface area (Å²) in [4.78, 5) is 27.0. The molecule has 6 nitrogen and oxygen atoms in total. The van der Waals surface area contributed by atoms with E-state index in [4.69, 9.17) is 4.74 Å². The molecule has 1 heterocycles. The van der Waals surface area contributed by atoms with Crippen LogP contribution in [0.2, 0.25) is 0 Å². The van der Waals surface area contributed by atoms with Crippen LogP contribution < -0.4 is 15.4 Å². The van der Waals surface area contributed by atoms with Crippen LogP contribution >= 0.6 is 0 Å². The molecule has 178 valence electrons. The standard InChI is InChI=1S/C27H37N3O3/c1-2-3-4-5-9-19-33-25-15-13-23(14-16-25)28-21-26(31)29-24-12-10-11-22(20-24)27(32)30-17-7-6-8-18-30/h10-16,20,28H,2-9,17-19,21H2,1H3,(H,29,31). The zero-order valence-electron chi connectivity index (χ0n) is 19.8. The van der Waals surface area contributed by atoms with E-state index in [2.05, 4.69) is 17.6 Å². The Hall–Kier alpha value is -3.02. The second kappa shape index (κ2) is 13.5. The first-order valence-corrected chi connectivity index (χ1v) is 12.3. The molecule has 2 aromatic carbocycles. The van der Waals surface area contributed by atoms with Gasteiger partial charge in [-0.3, -0.25) is 9.59 Å². The summed E-state index contributed by atoms with van der Waals surface area (Å²) in [7, 11) is 0. The van der Waals surface area contributed by atoms with Gasteiger partial charge in [-0.25, -0.2) is 0 Å². The number of nitrogens with one attached hydrogen (secondary N) is 2. The van der Waals surface area contributed by atoms with Crippen molar-refractivity contribution in [1.29, 1.82) is 0 Å². The molecule has 1 aliphatic rings. The minimum atomic E-state index is -0.162. The van der Waals surface area contributed by atoms with Gasteiger partial charge in [-0.05, 0) is 68.1 Å². The topological polar surface area (TPSA) is 70.7 Å². The Bertz CT molecular complexity index is 876. The number of nitrogens with zero attached hydrogens (tertiary/aromatic N) is 1. The first kappa shape index (κ1) is 24.6. The van der Waals surface area contributed by atoms with E-state index in [-0.39, 0.29) is 18.4 Å². The summed E-state index contributed by atoms with van der Waals surface area (Å²) in [6, 6.07) is 14.8. The Labute approximate surface area is 197 Å². The van der Waals surface area contributed by atoms with Crippen LogP contribution in [0.3, 0.4) is 0 Å². The lowest BCUT2D eigenvalue weighted by Crippen LogP contribution is -2.35. The van der Waals surface area contributed by atoms with Crippen LogP contribution in [0.15, 0.2) is 48.5 Å². The van der Waals surface area contributed by atoms with Gasteiger partial charge < -0.3 is 20.3 Å². The average molecular weight is 452 g/mol. The Kier molecular flexibility index (Phi) is 10.1. The van der Waals surface area contributed by atoms with Crippen molar-refractivity contribution in [2.45, 2.75) is 58.3 Å². The van der Waals surface area contributed by atoms with Crippen LogP contribution in [0.5, 0.6) is 5.75 Å². The number of likely N-dealkylation sites (tertiary alicyclic amines) is 1. The lowest BCUT2D eigenvalue weighted by Gasteiger charge is -2.26. The van der Waals surface area contributed by atoms with Gasteiger partial charge in [0.1, 0.15) is 5.75 Å². The monoisotopic (exact) mass is 451 g/mol. The van der Waals surface area contributed by atoms with Gasteiger partial charge in [-0.2, -0.15) is 0 Å². The van der Waals surface area contributed by atoms with E-state index in [1.165, 1.54) is 32.1 Å². The molecule has 0 aliphatic carbocycles. The van der Waals surface area contributed by atoms with E-state index in [9.17, 15) is 9.59 Å². The van der Waals surface area contributed by atoms with Gasteiger partial charge >= 0.3 is 0 Å². The highest BCUT2D eigenvalue weighted by Crippen LogP contribution is 2.18. The van der Waals surface area contributed by atoms with Crippen molar-refractivity contribution in [2.24, 2.45) is 0 Å². The summed E-state index contributed by atoms with van der Waals surface area (Å²) < 4.78 is 5.78. The van der Waals surface area contributed by atoms with Crippen molar-refractivity contribution >= 4 is 23.2 Å². The minimum absolute atomic E-state index is 0.0344. The second-order valence-corrected chi connectivity index (χ2v) is 8.62. The predicted octanol–water partition coefficient (Wildman–Crippen LogP) is 5.71. The summed E-state index contributed by atoms with van der Waals surface area (Å²) in [6.45, 7) is 4.71. The smallest absolute Gasteiger partial charge is 0.253 e. The van der Waals surface area contributed by atoms with Gasteiger partial charge in [-0.15, -0.1) is 0 Å². The number of anilines is 2. The van der Waals surface area contributed by atoms with Crippen LogP contribution in [-0.4, -0.2) is 43.0 Å². The number of rotatable bonds is 12.